The molecule has 8 heteroatoms. The lowest BCUT2D eigenvalue weighted by molar-refractivity contribution is -0.122. The van der Waals surface area contributed by atoms with Crippen molar-refractivity contribution in [3.05, 3.63) is 48.5 Å². The molecule has 0 radical (unpaired) electrons. The molecule has 168 valence electrons. The van der Waals surface area contributed by atoms with Crippen molar-refractivity contribution in [2.75, 3.05) is 51.0 Å². The van der Waals surface area contributed by atoms with Crippen molar-refractivity contribution >= 4 is 29.3 Å². The van der Waals surface area contributed by atoms with E-state index in [0.717, 1.165) is 5.75 Å². The molecule has 2 aromatic rings. The van der Waals surface area contributed by atoms with Crippen molar-refractivity contribution in [1.82, 2.24) is 10.2 Å². The van der Waals surface area contributed by atoms with Crippen molar-refractivity contribution in [2.45, 2.75) is 18.7 Å². The van der Waals surface area contributed by atoms with E-state index in [-0.39, 0.29) is 24.9 Å². The van der Waals surface area contributed by atoms with Gasteiger partial charge in [-0.15, -0.1) is 11.8 Å². The number of anilines is 1. The number of nitrogens with one attached hydrogen (secondary N) is 2. The molecule has 0 heterocycles. The van der Waals surface area contributed by atoms with Crippen LogP contribution >= 0.6 is 11.8 Å². The minimum Gasteiger partial charge on any atom is -0.490 e. The van der Waals surface area contributed by atoms with Gasteiger partial charge in [0.2, 0.25) is 11.8 Å². The molecule has 0 aromatic heterocycles. The molecule has 0 bridgehead atoms. The quantitative estimate of drug-likeness (QED) is 0.364. The summed E-state index contributed by atoms with van der Waals surface area (Å²) in [5, 5.41) is 5.72. The predicted octanol–water partition coefficient (Wildman–Crippen LogP) is 3.26. The van der Waals surface area contributed by atoms with E-state index >= 15 is 0 Å². The van der Waals surface area contributed by atoms with Crippen LogP contribution < -0.4 is 20.1 Å². The number of carbonyl (C=O) groups is 2. The minimum absolute atomic E-state index is 0.101. The number of likely N-dealkylation sites (N-methyl/N-ethyl adjacent to an activating group) is 1. The number of rotatable bonds is 13. The van der Waals surface area contributed by atoms with Gasteiger partial charge < -0.3 is 20.1 Å². The first-order valence-electron chi connectivity index (χ1n) is 10.3. The molecule has 0 aliphatic carbocycles. The summed E-state index contributed by atoms with van der Waals surface area (Å²) in [5.41, 5.74) is 0.618. The Morgan fingerprint density at radius 3 is 2.32 bits per heavy atom. The summed E-state index contributed by atoms with van der Waals surface area (Å²) in [7, 11) is 1.74. The highest BCUT2D eigenvalue weighted by molar-refractivity contribution is 7.99. The third-order valence-electron chi connectivity index (χ3n) is 4.09. The van der Waals surface area contributed by atoms with Crippen LogP contribution in [0.5, 0.6) is 11.5 Å². The maximum atomic E-state index is 12.3. The van der Waals surface area contributed by atoms with Crippen LogP contribution in [0.4, 0.5) is 5.69 Å². The topological polar surface area (TPSA) is 79.9 Å². The van der Waals surface area contributed by atoms with Gasteiger partial charge in [0.25, 0.3) is 0 Å². The summed E-state index contributed by atoms with van der Waals surface area (Å²) in [4.78, 5) is 27.3. The van der Waals surface area contributed by atoms with E-state index in [1.165, 1.54) is 4.90 Å². The highest BCUT2D eigenvalue weighted by Gasteiger charge is 2.12. The fourth-order valence-electron chi connectivity index (χ4n) is 2.81. The maximum absolute atomic E-state index is 12.3. The first-order valence-corrected chi connectivity index (χ1v) is 11.3. The van der Waals surface area contributed by atoms with Crippen molar-refractivity contribution < 1.29 is 19.1 Å². The zero-order valence-electron chi connectivity index (χ0n) is 18.3. The second kappa shape index (κ2) is 13.6. The number of amides is 2. The third-order valence-corrected chi connectivity index (χ3v) is 5.10. The molecule has 0 fully saturated rings. The molecule has 2 N–H and O–H groups in total. The monoisotopic (exact) mass is 445 g/mol. The SMILES string of the molecule is CCOc1ccc(NC(=O)CN(C)CC(=O)NCCSc2ccccc2)cc1OCC. The van der Waals surface area contributed by atoms with E-state index in [2.05, 4.69) is 10.6 Å². The Balaban J connectivity index is 1.72. The van der Waals surface area contributed by atoms with Crippen molar-refractivity contribution in [1.29, 1.82) is 0 Å². The number of hydrogen-bond acceptors (Lipinski definition) is 6. The minimum atomic E-state index is -0.207. The number of carbonyl (C=O) groups excluding carboxylic acids is 2. The smallest absolute Gasteiger partial charge is 0.238 e. The molecule has 2 aromatic carbocycles. The van der Waals surface area contributed by atoms with Gasteiger partial charge in [-0.25, -0.2) is 0 Å². The molecule has 0 spiro atoms. The molecule has 0 aliphatic heterocycles. The lowest BCUT2D eigenvalue weighted by Crippen LogP contribution is -2.39. The summed E-state index contributed by atoms with van der Waals surface area (Å²) in [5.74, 6) is 1.70. The first kappa shape index (κ1) is 24.6. The van der Waals surface area contributed by atoms with Crippen LogP contribution in [0.2, 0.25) is 0 Å². The first-order chi connectivity index (χ1) is 15.0. The Morgan fingerprint density at radius 2 is 1.61 bits per heavy atom. The molecular formula is C23H31N3O4S. The number of hydrogen-bond donors (Lipinski definition) is 2. The third kappa shape index (κ3) is 9.31. The normalized spacial score (nSPS) is 10.6. The number of thioether (sulfide) groups is 1. The summed E-state index contributed by atoms with van der Waals surface area (Å²) >= 11 is 1.69. The van der Waals surface area contributed by atoms with Gasteiger partial charge in [0.1, 0.15) is 0 Å². The van der Waals surface area contributed by atoms with Crippen LogP contribution in [0.1, 0.15) is 13.8 Å². The number of benzene rings is 2. The Labute approximate surface area is 188 Å². The fraction of sp³-hybridized carbons (Fsp3) is 0.391. The average molecular weight is 446 g/mol. The van der Waals surface area contributed by atoms with E-state index < -0.39 is 0 Å². The molecular weight excluding hydrogens is 414 g/mol. The molecule has 0 atom stereocenters. The lowest BCUT2D eigenvalue weighted by Gasteiger charge is -2.17. The maximum Gasteiger partial charge on any atom is 0.238 e. The van der Waals surface area contributed by atoms with E-state index in [4.69, 9.17) is 9.47 Å². The second-order valence-electron chi connectivity index (χ2n) is 6.76. The van der Waals surface area contributed by atoms with E-state index in [1.54, 1.807) is 41.9 Å². The summed E-state index contributed by atoms with van der Waals surface area (Å²) in [6, 6.07) is 15.3. The molecule has 31 heavy (non-hydrogen) atoms. The Morgan fingerprint density at radius 1 is 0.935 bits per heavy atom. The zero-order valence-corrected chi connectivity index (χ0v) is 19.2. The van der Waals surface area contributed by atoms with Crippen LogP contribution in [0.3, 0.4) is 0 Å². The molecule has 2 amide bonds. The molecule has 7 nitrogen and oxygen atoms in total. The van der Waals surface area contributed by atoms with Gasteiger partial charge in [-0.05, 0) is 45.2 Å². The van der Waals surface area contributed by atoms with Gasteiger partial charge in [-0.3, -0.25) is 14.5 Å². The average Bonchev–Trinajstić information content (AvgIpc) is 2.74. The van der Waals surface area contributed by atoms with E-state index in [9.17, 15) is 9.59 Å². The van der Waals surface area contributed by atoms with Gasteiger partial charge in [0.15, 0.2) is 11.5 Å². The zero-order chi connectivity index (χ0) is 22.5. The van der Waals surface area contributed by atoms with Crippen LogP contribution in [-0.2, 0) is 9.59 Å². The highest BCUT2D eigenvalue weighted by Crippen LogP contribution is 2.30. The molecule has 0 unspecified atom stereocenters. The van der Waals surface area contributed by atoms with Gasteiger partial charge >= 0.3 is 0 Å². The summed E-state index contributed by atoms with van der Waals surface area (Å²) in [6.07, 6.45) is 0. The predicted molar refractivity (Wildman–Crippen MR) is 125 cm³/mol. The fourth-order valence-corrected chi connectivity index (χ4v) is 3.60. The van der Waals surface area contributed by atoms with Crippen LogP contribution in [0, 0.1) is 0 Å². The van der Waals surface area contributed by atoms with Gasteiger partial charge in [0, 0.05) is 28.9 Å². The molecule has 2 rings (SSSR count). The summed E-state index contributed by atoms with van der Waals surface area (Å²) in [6.45, 7) is 5.65. The van der Waals surface area contributed by atoms with Crippen LogP contribution in [0.15, 0.2) is 53.4 Å². The van der Waals surface area contributed by atoms with Crippen molar-refractivity contribution in [2.24, 2.45) is 0 Å². The molecule has 0 saturated carbocycles. The van der Waals surface area contributed by atoms with Gasteiger partial charge in [-0.1, -0.05) is 18.2 Å². The Kier molecular flexibility index (Phi) is 10.7. The molecule has 0 aliphatic rings. The Bertz CT molecular complexity index is 833. The number of ether oxygens (including phenoxy) is 2. The van der Waals surface area contributed by atoms with E-state index in [0.29, 0.717) is 36.9 Å². The Hall–Kier alpha value is -2.71. The van der Waals surface area contributed by atoms with E-state index in [1.807, 2.05) is 44.2 Å². The van der Waals surface area contributed by atoms with Gasteiger partial charge in [-0.2, -0.15) is 0 Å². The lowest BCUT2D eigenvalue weighted by atomic mass is 10.2. The van der Waals surface area contributed by atoms with Crippen LogP contribution in [0.25, 0.3) is 0 Å². The molecule has 0 saturated heterocycles. The summed E-state index contributed by atoms with van der Waals surface area (Å²) < 4.78 is 11.1. The largest absolute Gasteiger partial charge is 0.490 e. The standard InChI is InChI=1S/C23H31N3O4S/c1-4-29-20-12-11-18(15-21(20)30-5-2)25-23(28)17-26(3)16-22(27)24-13-14-31-19-9-7-6-8-10-19/h6-12,15H,4-5,13-14,16-17H2,1-3H3,(H,24,27)(H,25,28). The second-order valence-corrected chi connectivity index (χ2v) is 7.93. The van der Waals surface area contributed by atoms with Gasteiger partial charge in [0.05, 0.1) is 26.3 Å². The number of nitrogens with zero attached hydrogens (tertiary/aromatic N) is 1. The van der Waals surface area contributed by atoms with Crippen LogP contribution in [-0.4, -0.2) is 62.4 Å². The highest BCUT2D eigenvalue weighted by atomic mass is 32.2. The van der Waals surface area contributed by atoms with Crippen molar-refractivity contribution in [3.8, 4) is 11.5 Å². The van der Waals surface area contributed by atoms with Crippen molar-refractivity contribution in [3.63, 3.8) is 0 Å².